The second-order valence-electron chi connectivity index (χ2n) is 5.95. The molecule has 0 aromatic heterocycles. The third-order valence-corrected chi connectivity index (χ3v) is 4.53. The molecular formula is C18H27NO5. The van der Waals surface area contributed by atoms with Crippen LogP contribution in [0.2, 0.25) is 0 Å². The molecule has 1 aromatic carbocycles. The van der Waals surface area contributed by atoms with Crippen LogP contribution in [0.4, 0.5) is 0 Å². The van der Waals surface area contributed by atoms with Gasteiger partial charge in [0.2, 0.25) is 0 Å². The first-order chi connectivity index (χ1) is 11.6. The van der Waals surface area contributed by atoms with Gasteiger partial charge in [-0.15, -0.1) is 0 Å². The third kappa shape index (κ3) is 4.69. The molecule has 1 aliphatic heterocycles. The number of hydrogen-bond donors (Lipinski definition) is 1. The van der Waals surface area contributed by atoms with E-state index in [0.29, 0.717) is 37.7 Å². The molecule has 0 spiro atoms. The fraction of sp³-hybridized carbons (Fsp3) is 0.611. The van der Waals surface area contributed by atoms with E-state index in [1.807, 2.05) is 19.1 Å². The highest BCUT2D eigenvalue weighted by Gasteiger charge is 2.39. The maximum atomic E-state index is 12.6. The monoisotopic (exact) mass is 337 g/mol. The van der Waals surface area contributed by atoms with E-state index in [4.69, 9.17) is 18.9 Å². The smallest absolute Gasteiger partial charge is 0.251 e. The van der Waals surface area contributed by atoms with Gasteiger partial charge in [-0.1, -0.05) is 6.07 Å². The van der Waals surface area contributed by atoms with Gasteiger partial charge in [0.1, 0.15) is 12.4 Å². The summed E-state index contributed by atoms with van der Waals surface area (Å²) < 4.78 is 21.7. The molecule has 6 heteroatoms. The summed E-state index contributed by atoms with van der Waals surface area (Å²) in [6, 6.07) is 7.03. The van der Waals surface area contributed by atoms with Crippen molar-refractivity contribution >= 4 is 5.91 Å². The van der Waals surface area contributed by atoms with E-state index < -0.39 is 0 Å². The number of hydrogen-bond acceptors (Lipinski definition) is 5. The third-order valence-electron chi connectivity index (χ3n) is 4.53. The summed E-state index contributed by atoms with van der Waals surface area (Å²) >= 11 is 0. The second kappa shape index (κ2) is 9.01. The minimum Gasteiger partial charge on any atom is -0.491 e. The molecule has 6 nitrogen and oxygen atoms in total. The highest BCUT2D eigenvalue weighted by Crippen LogP contribution is 2.28. The fourth-order valence-corrected chi connectivity index (χ4v) is 2.91. The van der Waals surface area contributed by atoms with Crippen molar-refractivity contribution in [2.45, 2.75) is 31.4 Å². The van der Waals surface area contributed by atoms with Crippen LogP contribution in [0.3, 0.4) is 0 Å². The van der Waals surface area contributed by atoms with Crippen LogP contribution < -0.4 is 10.1 Å². The van der Waals surface area contributed by atoms with Gasteiger partial charge in [0.15, 0.2) is 0 Å². The molecule has 0 saturated carbocycles. The van der Waals surface area contributed by atoms with Crippen LogP contribution >= 0.6 is 0 Å². The summed E-state index contributed by atoms with van der Waals surface area (Å²) in [6.45, 7) is 4.23. The van der Waals surface area contributed by atoms with Crippen molar-refractivity contribution in [1.82, 2.24) is 5.32 Å². The van der Waals surface area contributed by atoms with Crippen molar-refractivity contribution in [3.63, 3.8) is 0 Å². The predicted octanol–water partition coefficient (Wildman–Crippen LogP) is 2.03. The zero-order valence-electron chi connectivity index (χ0n) is 14.7. The van der Waals surface area contributed by atoms with Gasteiger partial charge in [-0.05, 0) is 25.1 Å². The first-order valence-corrected chi connectivity index (χ1v) is 8.27. The SMILES string of the molecule is COCCOc1cccc(C(=O)NC(C)C2(OC)CCOCC2)c1. The molecule has 0 aliphatic carbocycles. The number of methoxy groups -OCH3 is 2. The highest BCUT2D eigenvalue weighted by molar-refractivity contribution is 5.94. The normalized spacial score (nSPS) is 18.0. The van der Waals surface area contributed by atoms with Gasteiger partial charge in [-0.25, -0.2) is 0 Å². The van der Waals surface area contributed by atoms with Gasteiger partial charge < -0.3 is 24.3 Å². The predicted molar refractivity (Wildman–Crippen MR) is 90.5 cm³/mol. The number of ether oxygens (including phenoxy) is 4. The van der Waals surface area contributed by atoms with Crippen molar-refractivity contribution in [2.24, 2.45) is 0 Å². The van der Waals surface area contributed by atoms with E-state index in [1.165, 1.54) is 0 Å². The maximum Gasteiger partial charge on any atom is 0.251 e. The standard InChI is InChI=1S/C18H27NO5/c1-14(18(22-3)7-9-23-10-8-18)19-17(20)15-5-4-6-16(13-15)24-12-11-21-2/h4-6,13-14H,7-12H2,1-3H3,(H,19,20). The van der Waals surface area contributed by atoms with Crippen LogP contribution in [0.25, 0.3) is 0 Å². The average Bonchev–Trinajstić information content (AvgIpc) is 2.62. The van der Waals surface area contributed by atoms with Crippen LogP contribution in [0.1, 0.15) is 30.1 Å². The molecule has 1 unspecified atom stereocenters. The number of amides is 1. The summed E-state index contributed by atoms with van der Waals surface area (Å²) in [6.07, 6.45) is 1.54. The Morgan fingerprint density at radius 2 is 2.04 bits per heavy atom. The molecule has 1 fully saturated rings. The zero-order valence-corrected chi connectivity index (χ0v) is 14.7. The molecule has 24 heavy (non-hydrogen) atoms. The van der Waals surface area contributed by atoms with Crippen LogP contribution in [-0.2, 0) is 14.2 Å². The van der Waals surface area contributed by atoms with Crippen molar-refractivity contribution in [1.29, 1.82) is 0 Å². The van der Waals surface area contributed by atoms with Crippen LogP contribution in [0.15, 0.2) is 24.3 Å². The first kappa shape index (κ1) is 18.7. The van der Waals surface area contributed by atoms with E-state index in [1.54, 1.807) is 26.4 Å². The molecule has 134 valence electrons. The van der Waals surface area contributed by atoms with E-state index in [0.717, 1.165) is 12.8 Å². The maximum absolute atomic E-state index is 12.6. The van der Waals surface area contributed by atoms with Crippen molar-refractivity contribution < 1.29 is 23.7 Å². The lowest BCUT2D eigenvalue weighted by Crippen LogP contribution is -2.54. The van der Waals surface area contributed by atoms with Crippen LogP contribution in [0.5, 0.6) is 5.75 Å². The van der Waals surface area contributed by atoms with Gasteiger partial charge in [0.05, 0.1) is 18.2 Å². The average molecular weight is 337 g/mol. The van der Waals surface area contributed by atoms with E-state index >= 15 is 0 Å². The summed E-state index contributed by atoms with van der Waals surface area (Å²) in [5.74, 6) is 0.516. The number of nitrogens with one attached hydrogen (secondary N) is 1. The van der Waals surface area contributed by atoms with Gasteiger partial charge in [-0.2, -0.15) is 0 Å². The molecule has 1 saturated heterocycles. The number of benzene rings is 1. The summed E-state index contributed by atoms with van der Waals surface area (Å²) in [4.78, 5) is 12.6. The molecule has 1 aromatic rings. The minimum absolute atomic E-state index is 0.114. The highest BCUT2D eigenvalue weighted by atomic mass is 16.5. The summed E-state index contributed by atoms with van der Waals surface area (Å²) in [5, 5.41) is 3.05. The Morgan fingerprint density at radius 3 is 2.71 bits per heavy atom. The molecule has 1 atom stereocenters. The van der Waals surface area contributed by atoms with Gasteiger partial charge >= 0.3 is 0 Å². The number of carbonyl (C=O) groups excluding carboxylic acids is 1. The van der Waals surface area contributed by atoms with Gasteiger partial charge in [0.25, 0.3) is 5.91 Å². The first-order valence-electron chi connectivity index (χ1n) is 8.27. The molecule has 1 amide bonds. The summed E-state index contributed by atoms with van der Waals surface area (Å²) in [5.41, 5.74) is 0.190. The van der Waals surface area contributed by atoms with Crippen molar-refractivity contribution in [3.05, 3.63) is 29.8 Å². The number of carbonyl (C=O) groups is 1. The van der Waals surface area contributed by atoms with Crippen LogP contribution in [0, 0.1) is 0 Å². The largest absolute Gasteiger partial charge is 0.491 e. The minimum atomic E-state index is -0.375. The van der Waals surface area contributed by atoms with Crippen LogP contribution in [-0.4, -0.2) is 58.2 Å². The lowest BCUT2D eigenvalue weighted by molar-refractivity contribution is -0.105. The molecule has 0 radical (unpaired) electrons. The van der Waals surface area contributed by atoms with Gasteiger partial charge in [0, 0.05) is 45.8 Å². The Hall–Kier alpha value is -1.63. The quantitative estimate of drug-likeness (QED) is 0.735. The van der Waals surface area contributed by atoms with E-state index in [9.17, 15) is 4.79 Å². The molecular weight excluding hydrogens is 310 g/mol. The Kier molecular flexibility index (Phi) is 7.02. The van der Waals surface area contributed by atoms with Crippen molar-refractivity contribution in [3.8, 4) is 5.75 Å². The number of rotatable bonds is 8. The molecule has 1 aliphatic rings. The van der Waals surface area contributed by atoms with E-state index in [-0.39, 0.29) is 17.6 Å². The Labute approximate surface area is 143 Å². The Morgan fingerprint density at radius 1 is 1.29 bits per heavy atom. The zero-order chi connectivity index (χ0) is 17.4. The molecule has 2 rings (SSSR count). The lowest BCUT2D eigenvalue weighted by Gasteiger charge is -2.41. The second-order valence-corrected chi connectivity index (χ2v) is 5.95. The summed E-state index contributed by atoms with van der Waals surface area (Å²) in [7, 11) is 3.31. The fourth-order valence-electron chi connectivity index (χ4n) is 2.91. The lowest BCUT2D eigenvalue weighted by atomic mass is 9.86. The van der Waals surface area contributed by atoms with Gasteiger partial charge in [-0.3, -0.25) is 4.79 Å². The molecule has 1 heterocycles. The Balaban J connectivity index is 1.99. The molecule has 0 bridgehead atoms. The van der Waals surface area contributed by atoms with Crippen molar-refractivity contribution in [2.75, 3.05) is 40.6 Å². The van der Waals surface area contributed by atoms with E-state index in [2.05, 4.69) is 5.32 Å². The topological polar surface area (TPSA) is 66.0 Å². The Bertz CT molecular complexity index is 528. The molecule has 1 N–H and O–H groups in total.